The van der Waals surface area contributed by atoms with Crippen LogP contribution >= 0.6 is 0 Å². The number of ketones is 1. The largest absolute Gasteiger partial charge is 1.00 e. The van der Waals surface area contributed by atoms with Gasteiger partial charge in [-0.05, 0) is 11.1 Å². The van der Waals surface area contributed by atoms with E-state index in [9.17, 15) is 4.79 Å². The van der Waals surface area contributed by atoms with Gasteiger partial charge in [0.1, 0.15) is 6.54 Å². The SMILES string of the molecule is C[C@H]1CC[N+]2(CC(=O)c3ccc(-c4ccccc4)cc3)CCC[C@@H]12.[Br-]. The first kappa shape index (κ1) is 18.3. The molecule has 4 rings (SSSR count). The number of hydrogen-bond donors (Lipinski definition) is 0. The lowest BCUT2D eigenvalue weighted by Crippen LogP contribution is -3.00. The Labute approximate surface area is 161 Å². The molecule has 2 saturated heterocycles. The Bertz CT molecular complexity index is 727. The number of Topliss-reactive ketones (excluding diaryl/α,β-unsaturated/α-hetero) is 1. The van der Waals surface area contributed by atoms with Crippen LogP contribution in [0, 0.1) is 5.92 Å². The molecule has 0 aromatic heterocycles. The number of nitrogens with zero attached hydrogens (tertiary/aromatic N) is 1. The van der Waals surface area contributed by atoms with Crippen molar-refractivity contribution in [3.8, 4) is 11.1 Å². The van der Waals surface area contributed by atoms with Crippen molar-refractivity contribution in [2.75, 3.05) is 19.6 Å². The number of benzene rings is 2. The fourth-order valence-electron chi connectivity index (χ4n) is 4.94. The summed E-state index contributed by atoms with van der Waals surface area (Å²) in [6, 6.07) is 19.2. The maximum absolute atomic E-state index is 12.9. The van der Waals surface area contributed by atoms with Crippen LogP contribution in [-0.2, 0) is 0 Å². The van der Waals surface area contributed by atoms with E-state index in [0.717, 1.165) is 22.0 Å². The molecule has 1 unspecified atom stereocenters. The Balaban J connectivity index is 0.00000182. The highest BCUT2D eigenvalue weighted by molar-refractivity contribution is 5.97. The monoisotopic (exact) mass is 399 g/mol. The van der Waals surface area contributed by atoms with E-state index in [-0.39, 0.29) is 17.0 Å². The molecular formula is C22H26BrNO. The molecule has 0 bridgehead atoms. The molecule has 2 aromatic rings. The van der Waals surface area contributed by atoms with Gasteiger partial charge in [-0.15, -0.1) is 0 Å². The van der Waals surface area contributed by atoms with Crippen LogP contribution in [0.4, 0.5) is 0 Å². The van der Waals surface area contributed by atoms with Gasteiger partial charge in [0, 0.05) is 30.7 Å². The van der Waals surface area contributed by atoms with E-state index in [0.29, 0.717) is 12.3 Å². The summed E-state index contributed by atoms with van der Waals surface area (Å²) in [6.45, 7) is 5.46. The first-order chi connectivity index (χ1) is 11.7. The Hall–Kier alpha value is -1.45. The van der Waals surface area contributed by atoms with Crippen LogP contribution in [0.15, 0.2) is 54.6 Å². The fraction of sp³-hybridized carbons (Fsp3) is 0.409. The number of halogens is 1. The quantitative estimate of drug-likeness (QED) is 0.563. The number of rotatable bonds is 4. The average Bonchev–Trinajstić information content (AvgIpc) is 3.16. The standard InChI is InChI=1S/C22H26NO.BrH/c1-17-13-15-23(14-5-8-21(17)23)16-22(24)20-11-9-19(10-12-20)18-6-3-2-4-7-18;/h2-4,6-7,9-12,17,21H,5,8,13-16H2,1H3;1H/q+1;/p-1/t17-,21-,23?;/m0./s1. The van der Waals surface area contributed by atoms with Crippen LogP contribution in [0.3, 0.4) is 0 Å². The molecular weight excluding hydrogens is 374 g/mol. The van der Waals surface area contributed by atoms with Crippen molar-refractivity contribution in [3.05, 3.63) is 60.2 Å². The fourth-order valence-corrected chi connectivity index (χ4v) is 4.94. The zero-order chi connectivity index (χ0) is 16.6. The van der Waals surface area contributed by atoms with Crippen molar-refractivity contribution < 1.29 is 26.3 Å². The summed E-state index contributed by atoms with van der Waals surface area (Å²) in [6.07, 6.45) is 3.88. The highest BCUT2D eigenvalue weighted by Crippen LogP contribution is 2.40. The van der Waals surface area contributed by atoms with Crippen molar-refractivity contribution in [1.29, 1.82) is 0 Å². The van der Waals surface area contributed by atoms with E-state index >= 15 is 0 Å². The van der Waals surface area contributed by atoms with E-state index < -0.39 is 0 Å². The lowest BCUT2D eigenvalue weighted by molar-refractivity contribution is -0.921. The molecule has 2 aliphatic rings. The van der Waals surface area contributed by atoms with Gasteiger partial charge in [0.25, 0.3) is 0 Å². The molecule has 3 atom stereocenters. The molecule has 25 heavy (non-hydrogen) atoms. The van der Waals surface area contributed by atoms with Crippen molar-refractivity contribution in [1.82, 2.24) is 0 Å². The van der Waals surface area contributed by atoms with Crippen molar-refractivity contribution in [2.45, 2.75) is 32.2 Å². The van der Waals surface area contributed by atoms with Gasteiger partial charge >= 0.3 is 0 Å². The van der Waals surface area contributed by atoms with Crippen LogP contribution < -0.4 is 17.0 Å². The summed E-state index contributed by atoms with van der Waals surface area (Å²) in [5.41, 5.74) is 3.24. The van der Waals surface area contributed by atoms with Crippen LogP contribution in [0.2, 0.25) is 0 Å². The molecule has 0 N–H and O–H groups in total. The molecule has 2 nitrogen and oxygen atoms in total. The summed E-state index contributed by atoms with van der Waals surface area (Å²) >= 11 is 0. The predicted octanol–water partition coefficient (Wildman–Crippen LogP) is 1.56. The second-order valence-electron chi connectivity index (χ2n) is 7.67. The topological polar surface area (TPSA) is 17.1 Å². The van der Waals surface area contributed by atoms with Crippen LogP contribution in [0.1, 0.15) is 36.5 Å². The Morgan fingerprint density at radius 3 is 2.36 bits per heavy atom. The molecule has 0 spiro atoms. The maximum atomic E-state index is 12.9. The third kappa shape index (κ3) is 3.45. The Morgan fingerprint density at radius 1 is 0.960 bits per heavy atom. The van der Waals surface area contributed by atoms with Gasteiger partial charge in [-0.25, -0.2) is 0 Å². The summed E-state index contributed by atoms with van der Waals surface area (Å²) < 4.78 is 1.06. The highest BCUT2D eigenvalue weighted by Gasteiger charge is 2.50. The summed E-state index contributed by atoms with van der Waals surface area (Å²) in [5.74, 6) is 1.09. The van der Waals surface area contributed by atoms with Gasteiger partial charge in [-0.1, -0.05) is 61.5 Å². The summed E-state index contributed by atoms with van der Waals surface area (Å²) in [7, 11) is 0. The third-order valence-electron chi connectivity index (χ3n) is 6.27. The minimum Gasteiger partial charge on any atom is -1.00 e. The smallest absolute Gasteiger partial charge is 0.216 e. The summed E-state index contributed by atoms with van der Waals surface area (Å²) in [4.78, 5) is 12.9. The molecule has 0 saturated carbocycles. The predicted molar refractivity (Wildman–Crippen MR) is 97.9 cm³/mol. The van der Waals surface area contributed by atoms with E-state index in [1.165, 1.54) is 43.5 Å². The first-order valence-electron chi connectivity index (χ1n) is 9.22. The summed E-state index contributed by atoms with van der Waals surface area (Å²) in [5, 5.41) is 0. The van der Waals surface area contributed by atoms with Crippen LogP contribution in [-0.4, -0.2) is 35.9 Å². The van der Waals surface area contributed by atoms with E-state index in [1.54, 1.807) is 0 Å². The molecule has 2 aromatic carbocycles. The molecule has 2 heterocycles. The van der Waals surface area contributed by atoms with Gasteiger partial charge in [0.05, 0.1) is 19.1 Å². The molecule has 2 aliphatic heterocycles. The van der Waals surface area contributed by atoms with Crippen molar-refractivity contribution in [2.24, 2.45) is 5.92 Å². The first-order valence-corrected chi connectivity index (χ1v) is 9.22. The van der Waals surface area contributed by atoms with Crippen LogP contribution in [0.25, 0.3) is 11.1 Å². The number of carbonyl (C=O) groups excluding carboxylic acids is 1. The minimum atomic E-state index is 0. The third-order valence-corrected chi connectivity index (χ3v) is 6.27. The van der Waals surface area contributed by atoms with E-state index in [2.05, 4.69) is 31.2 Å². The molecule has 2 fully saturated rings. The zero-order valence-electron chi connectivity index (χ0n) is 14.8. The molecule has 0 amide bonds. The van der Waals surface area contributed by atoms with Gasteiger partial charge < -0.3 is 21.5 Å². The van der Waals surface area contributed by atoms with Crippen molar-refractivity contribution in [3.63, 3.8) is 0 Å². The zero-order valence-corrected chi connectivity index (χ0v) is 16.4. The Morgan fingerprint density at radius 2 is 1.64 bits per heavy atom. The van der Waals surface area contributed by atoms with E-state index in [1.807, 2.05) is 30.3 Å². The highest BCUT2D eigenvalue weighted by atomic mass is 79.9. The number of fused-ring (bicyclic) bond motifs is 1. The van der Waals surface area contributed by atoms with Gasteiger partial charge in [-0.2, -0.15) is 0 Å². The lowest BCUT2D eigenvalue weighted by Gasteiger charge is -2.35. The number of hydrogen-bond acceptors (Lipinski definition) is 1. The number of quaternary nitrogens is 1. The van der Waals surface area contributed by atoms with Gasteiger partial charge in [0.2, 0.25) is 5.78 Å². The van der Waals surface area contributed by atoms with Crippen molar-refractivity contribution >= 4 is 5.78 Å². The van der Waals surface area contributed by atoms with Crippen LogP contribution in [0.5, 0.6) is 0 Å². The molecule has 3 heteroatoms. The molecule has 0 aliphatic carbocycles. The second kappa shape index (κ2) is 7.43. The van der Waals surface area contributed by atoms with E-state index in [4.69, 9.17) is 0 Å². The van der Waals surface area contributed by atoms with Gasteiger partial charge in [0.15, 0.2) is 0 Å². The minimum absolute atomic E-state index is 0. The molecule has 132 valence electrons. The second-order valence-corrected chi connectivity index (χ2v) is 7.67. The normalized spacial score (nSPS) is 27.6. The number of carbonyl (C=O) groups is 1. The maximum Gasteiger partial charge on any atom is 0.216 e. The Kier molecular flexibility index (Phi) is 5.45. The van der Waals surface area contributed by atoms with Gasteiger partial charge in [-0.3, -0.25) is 4.79 Å². The average molecular weight is 400 g/mol. The lowest BCUT2D eigenvalue weighted by atomic mass is 10.00. The molecule has 0 radical (unpaired) electrons.